The molecule has 0 unspecified atom stereocenters. The summed E-state index contributed by atoms with van der Waals surface area (Å²) in [7, 11) is 1.67. The Morgan fingerprint density at radius 3 is 3.00 bits per heavy atom. The predicted molar refractivity (Wildman–Crippen MR) is 67.2 cm³/mol. The molecule has 0 fully saturated rings. The van der Waals surface area contributed by atoms with E-state index in [9.17, 15) is 9.59 Å². The molecule has 2 rings (SSSR count). The maximum atomic E-state index is 11.3. The number of benzene rings is 1. The van der Waals surface area contributed by atoms with E-state index in [1.165, 1.54) is 4.57 Å². The predicted octanol–water partition coefficient (Wildman–Crippen LogP) is -0.251. The maximum absolute atomic E-state index is 11.3. The van der Waals surface area contributed by atoms with Crippen molar-refractivity contribution in [3.8, 4) is 0 Å². The van der Waals surface area contributed by atoms with Crippen LogP contribution >= 0.6 is 0 Å². The Kier molecular flexibility index (Phi) is 3.47. The SMILES string of the molecule is Cn1c(=O)oc2ccc(CCNCC(N)=O)cc21. The number of aryl methyl sites for hydroxylation is 1. The Balaban J connectivity index is 2.08. The van der Waals surface area contributed by atoms with Gasteiger partial charge in [0.05, 0.1) is 12.1 Å². The van der Waals surface area contributed by atoms with Crippen molar-refractivity contribution < 1.29 is 9.21 Å². The van der Waals surface area contributed by atoms with Crippen molar-refractivity contribution in [2.75, 3.05) is 13.1 Å². The third-order valence-corrected chi connectivity index (χ3v) is 2.75. The number of nitrogens with one attached hydrogen (secondary N) is 1. The van der Waals surface area contributed by atoms with Crippen LogP contribution < -0.4 is 16.8 Å². The lowest BCUT2D eigenvalue weighted by atomic mass is 10.1. The third-order valence-electron chi connectivity index (χ3n) is 2.75. The van der Waals surface area contributed by atoms with Crippen molar-refractivity contribution in [1.29, 1.82) is 0 Å². The fourth-order valence-corrected chi connectivity index (χ4v) is 1.77. The second-order valence-corrected chi connectivity index (χ2v) is 4.12. The first-order valence-corrected chi connectivity index (χ1v) is 5.65. The molecule has 0 aliphatic rings. The number of hydrogen-bond donors (Lipinski definition) is 2. The van der Waals surface area contributed by atoms with Crippen LogP contribution in [0.15, 0.2) is 27.4 Å². The van der Waals surface area contributed by atoms with Crippen LogP contribution in [0.4, 0.5) is 0 Å². The summed E-state index contributed by atoms with van der Waals surface area (Å²) in [6.07, 6.45) is 0.753. The summed E-state index contributed by atoms with van der Waals surface area (Å²) in [5.74, 6) is -0.739. The highest BCUT2D eigenvalue weighted by Gasteiger charge is 2.06. The van der Waals surface area contributed by atoms with Gasteiger partial charge < -0.3 is 15.5 Å². The summed E-state index contributed by atoms with van der Waals surface area (Å²) in [6.45, 7) is 0.826. The van der Waals surface area contributed by atoms with Crippen molar-refractivity contribution in [2.24, 2.45) is 12.8 Å². The molecule has 3 N–H and O–H groups in total. The monoisotopic (exact) mass is 249 g/mol. The first-order chi connectivity index (χ1) is 8.58. The second-order valence-electron chi connectivity index (χ2n) is 4.12. The molecule has 0 saturated heterocycles. The van der Waals surface area contributed by atoms with Gasteiger partial charge in [-0.1, -0.05) is 6.07 Å². The Labute approximate surface area is 103 Å². The molecule has 18 heavy (non-hydrogen) atoms. The van der Waals surface area contributed by atoms with E-state index in [0.29, 0.717) is 12.1 Å². The number of rotatable bonds is 5. The van der Waals surface area contributed by atoms with Gasteiger partial charge in [0, 0.05) is 7.05 Å². The molecule has 0 aliphatic heterocycles. The average Bonchev–Trinajstić information content (AvgIpc) is 2.61. The van der Waals surface area contributed by atoms with Gasteiger partial charge in [0.15, 0.2) is 5.58 Å². The number of nitrogens with two attached hydrogens (primary N) is 1. The molecule has 1 heterocycles. The fraction of sp³-hybridized carbons (Fsp3) is 0.333. The van der Waals surface area contributed by atoms with Crippen LogP contribution in [0.2, 0.25) is 0 Å². The zero-order valence-electron chi connectivity index (χ0n) is 10.1. The van der Waals surface area contributed by atoms with Gasteiger partial charge in [-0.3, -0.25) is 9.36 Å². The van der Waals surface area contributed by atoms with Crippen molar-refractivity contribution in [1.82, 2.24) is 9.88 Å². The molecule has 0 spiro atoms. The minimum absolute atomic E-state index is 0.173. The highest BCUT2D eigenvalue weighted by Crippen LogP contribution is 2.14. The van der Waals surface area contributed by atoms with Gasteiger partial charge in [-0.05, 0) is 30.7 Å². The molecule has 0 atom stereocenters. The maximum Gasteiger partial charge on any atom is 0.419 e. The van der Waals surface area contributed by atoms with Gasteiger partial charge >= 0.3 is 5.76 Å². The Bertz CT molecular complexity index is 627. The number of carbonyl (C=O) groups excluding carboxylic acids is 1. The number of carbonyl (C=O) groups is 1. The summed E-state index contributed by atoms with van der Waals surface area (Å²) >= 11 is 0. The zero-order valence-corrected chi connectivity index (χ0v) is 10.1. The van der Waals surface area contributed by atoms with Crippen molar-refractivity contribution in [3.63, 3.8) is 0 Å². The van der Waals surface area contributed by atoms with Crippen LogP contribution in [-0.2, 0) is 18.3 Å². The molecule has 1 amide bonds. The molecule has 0 aliphatic carbocycles. The number of amides is 1. The lowest BCUT2D eigenvalue weighted by molar-refractivity contribution is -0.117. The van der Waals surface area contributed by atoms with Gasteiger partial charge in [-0.15, -0.1) is 0 Å². The highest BCUT2D eigenvalue weighted by molar-refractivity contribution is 5.76. The first kappa shape index (κ1) is 12.4. The standard InChI is InChI=1S/C12H15N3O3/c1-15-9-6-8(4-5-14-7-11(13)16)2-3-10(9)18-12(15)17/h2-3,6,14H,4-5,7H2,1H3,(H2,13,16). The van der Waals surface area contributed by atoms with Crippen molar-refractivity contribution >= 4 is 17.0 Å². The first-order valence-electron chi connectivity index (χ1n) is 5.65. The van der Waals surface area contributed by atoms with E-state index in [1.54, 1.807) is 13.1 Å². The van der Waals surface area contributed by atoms with E-state index in [4.69, 9.17) is 10.2 Å². The van der Waals surface area contributed by atoms with Crippen LogP contribution in [0.3, 0.4) is 0 Å². The van der Waals surface area contributed by atoms with E-state index < -0.39 is 0 Å². The summed E-state index contributed by atoms with van der Waals surface area (Å²) in [5, 5.41) is 2.93. The molecular weight excluding hydrogens is 234 g/mol. The van der Waals surface area contributed by atoms with Crippen LogP contribution in [0.5, 0.6) is 0 Å². The lowest BCUT2D eigenvalue weighted by Crippen LogP contribution is -2.29. The molecule has 96 valence electrons. The fourth-order valence-electron chi connectivity index (χ4n) is 1.77. The normalized spacial score (nSPS) is 10.9. The highest BCUT2D eigenvalue weighted by atomic mass is 16.4. The molecule has 0 bridgehead atoms. The number of nitrogens with zero attached hydrogens (tertiary/aromatic N) is 1. The van der Waals surface area contributed by atoms with E-state index in [2.05, 4.69) is 5.32 Å². The summed E-state index contributed by atoms with van der Waals surface area (Å²) < 4.78 is 6.51. The number of primary amides is 1. The largest absolute Gasteiger partial charge is 0.419 e. The summed E-state index contributed by atoms with van der Waals surface area (Å²) in [5.41, 5.74) is 7.43. The molecule has 1 aromatic carbocycles. The van der Waals surface area contributed by atoms with E-state index in [-0.39, 0.29) is 18.2 Å². The number of aromatic nitrogens is 1. The van der Waals surface area contributed by atoms with Crippen LogP contribution in [0.1, 0.15) is 5.56 Å². The van der Waals surface area contributed by atoms with Gasteiger partial charge in [0.2, 0.25) is 5.91 Å². The zero-order chi connectivity index (χ0) is 13.1. The average molecular weight is 249 g/mol. The molecule has 1 aromatic heterocycles. The number of hydrogen-bond acceptors (Lipinski definition) is 4. The van der Waals surface area contributed by atoms with Crippen molar-refractivity contribution in [2.45, 2.75) is 6.42 Å². The Morgan fingerprint density at radius 2 is 2.28 bits per heavy atom. The Hall–Kier alpha value is -2.08. The molecule has 6 heteroatoms. The summed E-state index contributed by atoms with van der Waals surface area (Å²) in [6, 6.07) is 5.59. The molecule has 0 saturated carbocycles. The topological polar surface area (TPSA) is 90.3 Å². The molecular formula is C12H15N3O3. The van der Waals surface area contributed by atoms with Gasteiger partial charge in [0.1, 0.15) is 0 Å². The number of oxazole rings is 1. The quantitative estimate of drug-likeness (QED) is 0.715. The minimum Gasteiger partial charge on any atom is -0.408 e. The number of fused-ring (bicyclic) bond motifs is 1. The molecule has 2 aromatic rings. The van der Waals surface area contributed by atoms with Crippen LogP contribution in [0.25, 0.3) is 11.1 Å². The molecule has 0 radical (unpaired) electrons. The smallest absolute Gasteiger partial charge is 0.408 e. The minimum atomic E-state index is -0.373. The third kappa shape index (κ3) is 2.60. The lowest BCUT2D eigenvalue weighted by Gasteiger charge is -2.03. The van der Waals surface area contributed by atoms with Gasteiger partial charge in [-0.25, -0.2) is 4.79 Å². The molecule has 6 nitrogen and oxygen atoms in total. The van der Waals surface area contributed by atoms with Gasteiger partial charge in [-0.2, -0.15) is 0 Å². The van der Waals surface area contributed by atoms with E-state index >= 15 is 0 Å². The van der Waals surface area contributed by atoms with E-state index in [1.807, 2.05) is 12.1 Å². The van der Waals surface area contributed by atoms with Crippen LogP contribution in [-0.4, -0.2) is 23.6 Å². The Morgan fingerprint density at radius 1 is 1.50 bits per heavy atom. The van der Waals surface area contributed by atoms with E-state index in [0.717, 1.165) is 17.5 Å². The summed E-state index contributed by atoms with van der Waals surface area (Å²) in [4.78, 5) is 21.9. The van der Waals surface area contributed by atoms with Crippen LogP contribution in [0, 0.1) is 0 Å². The second kappa shape index (κ2) is 5.05. The van der Waals surface area contributed by atoms with Crippen molar-refractivity contribution in [3.05, 3.63) is 34.3 Å². The van der Waals surface area contributed by atoms with Gasteiger partial charge in [0.25, 0.3) is 0 Å².